The van der Waals surface area contributed by atoms with Gasteiger partial charge in [-0.05, 0) is 50.1 Å². The maximum absolute atomic E-state index is 12.8. The molecular weight excluding hydrogens is 507 g/mol. The molecule has 0 N–H and O–H groups in total. The van der Waals surface area contributed by atoms with E-state index < -0.39 is 0 Å². The lowest BCUT2D eigenvalue weighted by atomic mass is 10.1. The van der Waals surface area contributed by atoms with Crippen LogP contribution in [0.25, 0.3) is 11.4 Å². The monoisotopic (exact) mass is 534 g/mol. The van der Waals surface area contributed by atoms with Crippen molar-refractivity contribution in [3.8, 4) is 17.1 Å². The molecule has 1 aromatic carbocycles. The molecule has 0 fully saturated rings. The van der Waals surface area contributed by atoms with Crippen molar-refractivity contribution in [3.05, 3.63) is 60.2 Å². The zero-order valence-electron chi connectivity index (χ0n) is 18.0. The number of pyridine rings is 1. The molecule has 0 unspecified atom stereocenters. The van der Waals surface area contributed by atoms with Crippen LogP contribution < -0.4 is 4.74 Å². The standard InChI is InChI=1S/C23H27IN4O3/c1-4-6-17-8-10-19(11-9-17)30-15-21(29)28(16(2)3)14-20(24)23-26-22(27-31-23)18-7-5-12-25-13-18/h5,7-13,16,20H,4,6,14-15H2,1-3H3/t20-/m0/s1. The van der Waals surface area contributed by atoms with Crippen LogP contribution in [-0.2, 0) is 11.2 Å². The normalized spacial score (nSPS) is 12.0. The van der Waals surface area contributed by atoms with Gasteiger partial charge in [0, 0.05) is 30.5 Å². The molecule has 0 spiro atoms. The number of benzene rings is 1. The maximum atomic E-state index is 12.8. The third kappa shape index (κ3) is 6.49. The Bertz CT molecular complexity index is 960. The Morgan fingerprint density at radius 2 is 2.00 bits per heavy atom. The van der Waals surface area contributed by atoms with Crippen LogP contribution in [0.1, 0.15) is 42.6 Å². The lowest BCUT2D eigenvalue weighted by Crippen LogP contribution is -2.41. The summed E-state index contributed by atoms with van der Waals surface area (Å²) in [6.07, 6.45) is 5.52. The van der Waals surface area contributed by atoms with E-state index in [0.717, 1.165) is 18.4 Å². The van der Waals surface area contributed by atoms with Crippen molar-refractivity contribution >= 4 is 28.5 Å². The van der Waals surface area contributed by atoms with Crippen LogP contribution in [0.2, 0.25) is 0 Å². The quantitative estimate of drug-likeness (QED) is 0.273. The number of hydrogen-bond donors (Lipinski definition) is 0. The summed E-state index contributed by atoms with van der Waals surface area (Å²) in [5, 5.41) is 4.04. The van der Waals surface area contributed by atoms with Gasteiger partial charge in [-0.25, -0.2) is 0 Å². The van der Waals surface area contributed by atoms with E-state index in [-0.39, 0.29) is 22.5 Å². The average molecular weight is 534 g/mol. The number of rotatable bonds is 10. The van der Waals surface area contributed by atoms with E-state index >= 15 is 0 Å². The van der Waals surface area contributed by atoms with Crippen molar-refractivity contribution in [3.63, 3.8) is 0 Å². The number of amides is 1. The van der Waals surface area contributed by atoms with E-state index in [1.807, 2.05) is 50.2 Å². The van der Waals surface area contributed by atoms with E-state index in [2.05, 4.69) is 44.6 Å². The number of nitrogens with zero attached hydrogens (tertiary/aromatic N) is 4. The van der Waals surface area contributed by atoms with Gasteiger partial charge < -0.3 is 14.2 Å². The van der Waals surface area contributed by atoms with E-state index in [0.29, 0.717) is 24.0 Å². The second-order valence-corrected chi connectivity index (χ2v) is 8.99. The molecule has 2 heterocycles. The highest BCUT2D eigenvalue weighted by Crippen LogP contribution is 2.26. The first-order chi connectivity index (χ1) is 15.0. The van der Waals surface area contributed by atoms with Gasteiger partial charge in [0.1, 0.15) is 9.67 Å². The maximum Gasteiger partial charge on any atom is 0.260 e. The Balaban J connectivity index is 1.59. The Morgan fingerprint density at radius 3 is 2.65 bits per heavy atom. The Hall–Kier alpha value is -2.49. The van der Waals surface area contributed by atoms with Crippen LogP contribution in [-0.4, -0.2) is 45.1 Å². The first-order valence-corrected chi connectivity index (χ1v) is 11.6. The predicted molar refractivity (Wildman–Crippen MR) is 127 cm³/mol. The summed E-state index contributed by atoms with van der Waals surface area (Å²) < 4.78 is 11.0. The first kappa shape index (κ1) is 23.2. The fourth-order valence-corrected chi connectivity index (χ4v) is 3.77. The number of carbonyl (C=O) groups is 1. The number of aromatic nitrogens is 3. The van der Waals surface area contributed by atoms with Gasteiger partial charge in [-0.2, -0.15) is 4.98 Å². The van der Waals surface area contributed by atoms with Crippen LogP contribution in [0.5, 0.6) is 5.75 Å². The summed E-state index contributed by atoms with van der Waals surface area (Å²) in [5.41, 5.74) is 2.05. The molecule has 3 rings (SSSR count). The van der Waals surface area contributed by atoms with Gasteiger partial charge in [-0.1, -0.05) is 53.2 Å². The number of alkyl halides is 1. The minimum Gasteiger partial charge on any atom is -0.484 e. The van der Waals surface area contributed by atoms with Gasteiger partial charge in [-0.15, -0.1) is 0 Å². The predicted octanol–water partition coefficient (Wildman–Crippen LogP) is 4.88. The fourth-order valence-electron chi connectivity index (χ4n) is 3.10. The topological polar surface area (TPSA) is 81.4 Å². The molecule has 164 valence electrons. The molecule has 0 aliphatic heterocycles. The molecule has 0 aliphatic carbocycles. The van der Waals surface area contributed by atoms with Gasteiger partial charge in [0.25, 0.3) is 5.91 Å². The van der Waals surface area contributed by atoms with E-state index in [1.54, 1.807) is 17.3 Å². The number of carbonyl (C=O) groups excluding carboxylic acids is 1. The largest absolute Gasteiger partial charge is 0.484 e. The minimum atomic E-state index is -0.143. The first-order valence-electron chi connectivity index (χ1n) is 10.4. The third-order valence-electron chi connectivity index (χ3n) is 4.75. The second kappa shape index (κ2) is 11.2. The third-order valence-corrected chi connectivity index (χ3v) is 5.68. The van der Waals surface area contributed by atoms with Gasteiger partial charge in [-0.3, -0.25) is 9.78 Å². The van der Waals surface area contributed by atoms with Gasteiger partial charge in [0.05, 0.1) is 0 Å². The Morgan fingerprint density at radius 1 is 1.23 bits per heavy atom. The van der Waals surface area contributed by atoms with Gasteiger partial charge >= 0.3 is 0 Å². The molecule has 2 aromatic heterocycles. The highest BCUT2D eigenvalue weighted by atomic mass is 127. The van der Waals surface area contributed by atoms with Crippen LogP contribution >= 0.6 is 22.6 Å². The molecule has 0 aliphatic rings. The molecule has 31 heavy (non-hydrogen) atoms. The van der Waals surface area contributed by atoms with Gasteiger partial charge in [0.2, 0.25) is 11.7 Å². The summed E-state index contributed by atoms with van der Waals surface area (Å²) in [6, 6.07) is 11.6. The molecule has 0 bridgehead atoms. The molecule has 1 atom stereocenters. The van der Waals surface area contributed by atoms with Crippen molar-refractivity contribution in [2.75, 3.05) is 13.2 Å². The number of hydrogen-bond acceptors (Lipinski definition) is 6. The van der Waals surface area contributed by atoms with Gasteiger partial charge in [0.15, 0.2) is 6.61 Å². The number of halogens is 1. The number of aryl methyl sites for hydroxylation is 1. The smallest absolute Gasteiger partial charge is 0.260 e. The summed E-state index contributed by atoms with van der Waals surface area (Å²) in [4.78, 5) is 23.2. The SMILES string of the molecule is CCCc1ccc(OCC(=O)N(C[C@H](I)c2nc(-c3cccnc3)no2)C(C)C)cc1. The number of ether oxygens (including phenoxy) is 1. The molecule has 1 amide bonds. The van der Waals surface area contributed by atoms with Crippen molar-refractivity contribution in [2.24, 2.45) is 0 Å². The Labute approximate surface area is 196 Å². The molecule has 7 nitrogen and oxygen atoms in total. The molecule has 0 saturated heterocycles. The molecular formula is C23H27IN4O3. The highest BCUT2D eigenvalue weighted by molar-refractivity contribution is 14.1. The van der Waals surface area contributed by atoms with E-state index in [1.165, 1.54) is 5.56 Å². The van der Waals surface area contributed by atoms with Crippen LogP contribution in [0, 0.1) is 0 Å². The van der Waals surface area contributed by atoms with Crippen LogP contribution in [0.4, 0.5) is 0 Å². The fraction of sp³-hybridized carbons (Fsp3) is 0.391. The molecule has 0 saturated carbocycles. The summed E-state index contributed by atoms with van der Waals surface area (Å²) >= 11 is 2.23. The molecule has 8 heteroatoms. The lowest BCUT2D eigenvalue weighted by Gasteiger charge is -2.28. The Kier molecular flexibility index (Phi) is 8.39. The van der Waals surface area contributed by atoms with Crippen LogP contribution in [0.3, 0.4) is 0 Å². The van der Waals surface area contributed by atoms with Crippen molar-refractivity contribution in [2.45, 2.75) is 43.6 Å². The summed E-state index contributed by atoms with van der Waals surface area (Å²) in [6.45, 7) is 6.55. The van der Waals surface area contributed by atoms with Crippen molar-refractivity contribution in [1.29, 1.82) is 0 Å². The van der Waals surface area contributed by atoms with E-state index in [4.69, 9.17) is 9.26 Å². The van der Waals surface area contributed by atoms with Crippen molar-refractivity contribution < 1.29 is 14.1 Å². The highest BCUT2D eigenvalue weighted by Gasteiger charge is 2.25. The second-order valence-electron chi connectivity index (χ2n) is 7.49. The lowest BCUT2D eigenvalue weighted by molar-refractivity contribution is -0.135. The molecule has 3 aromatic rings. The zero-order chi connectivity index (χ0) is 22.2. The summed E-state index contributed by atoms with van der Waals surface area (Å²) in [5.74, 6) is 1.58. The molecule has 0 radical (unpaired) electrons. The van der Waals surface area contributed by atoms with Crippen molar-refractivity contribution in [1.82, 2.24) is 20.0 Å². The average Bonchev–Trinajstić information content (AvgIpc) is 3.28. The zero-order valence-corrected chi connectivity index (χ0v) is 20.2. The van der Waals surface area contributed by atoms with E-state index in [9.17, 15) is 4.79 Å². The van der Waals surface area contributed by atoms with Crippen LogP contribution in [0.15, 0.2) is 53.3 Å². The summed E-state index contributed by atoms with van der Waals surface area (Å²) in [7, 11) is 0. The minimum absolute atomic E-state index is 0.0145.